The molecule has 0 spiro atoms. The van der Waals surface area contributed by atoms with E-state index >= 15 is 0 Å². The molecule has 138 valence electrons. The van der Waals surface area contributed by atoms with E-state index in [9.17, 15) is 9.90 Å². The number of nitrogens with zero attached hydrogens (tertiary/aromatic N) is 3. The highest BCUT2D eigenvalue weighted by atomic mass is 16.3. The number of carbonyl (C=O) groups excluding carboxylic acids is 1. The van der Waals surface area contributed by atoms with Crippen LogP contribution >= 0.6 is 0 Å². The average molecular weight is 362 g/mol. The Hall–Kier alpha value is -2.99. The number of aliphatic hydroxyl groups excluding tert-OH is 1. The minimum atomic E-state index is -0.327. The van der Waals surface area contributed by atoms with Crippen LogP contribution in [0.15, 0.2) is 54.9 Å². The third kappa shape index (κ3) is 3.90. The molecule has 2 N–H and O–H groups in total. The molecule has 1 aromatic carbocycles. The van der Waals surface area contributed by atoms with Gasteiger partial charge in [0.2, 0.25) is 0 Å². The first-order valence-corrected chi connectivity index (χ1v) is 9.20. The number of β-amino-alcohol motifs (C(OH)–C–C–N with tert-alkyl or cyclic N) is 1. The molecule has 2 aromatic heterocycles. The molecule has 1 aliphatic rings. The molecule has 0 unspecified atom stereocenters. The molecule has 1 saturated heterocycles. The van der Waals surface area contributed by atoms with E-state index in [0.29, 0.717) is 18.7 Å². The maximum absolute atomic E-state index is 12.6. The van der Waals surface area contributed by atoms with Crippen molar-refractivity contribution < 1.29 is 9.90 Å². The minimum absolute atomic E-state index is 0.165. The second kappa shape index (κ2) is 7.72. The van der Waals surface area contributed by atoms with E-state index in [1.165, 1.54) is 0 Å². The van der Waals surface area contributed by atoms with Gasteiger partial charge < -0.3 is 15.3 Å². The number of piperidine rings is 1. The number of benzene rings is 1. The molecule has 0 saturated carbocycles. The smallest absolute Gasteiger partial charge is 0.253 e. The van der Waals surface area contributed by atoms with Gasteiger partial charge in [-0.05, 0) is 31.0 Å². The highest BCUT2D eigenvalue weighted by Gasteiger charge is 2.21. The fraction of sp³-hybridized carbons (Fsp3) is 0.286. The van der Waals surface area contributed by atoms with Gasteiger partial charge in [0.05, 0.1) is 17.2 Å². The summed E-state index contributed by atoms with van der Waals surface area (Å²) in [7, 11) is 0. The summed E-state index contributed by atoms with van der Waals surface area (Å²) in [6.07, 6.45) is 4.78. The van der Waals surface area contributed by atoms with Crippen molar-refractivity contribution in [3.8, 4) is 0 Å². The maximum atomic E-state index is 12.6. The number of nitrogens with one attached hydrogen (secondary N) is 1. The van der Waals surface area contributed by atoms with Gasteiger partial charge in [-0.15, -0.1) is 0 Å². The van der Waals surface area contributed by atoms with Crippen molar-refractivity contribution in [2.45, 2.75) is 25.5 Å². The molecule has 1 fully saturated rings. The predicted octanol–water partition coefficient (Wildman–Crippen LogP) is 2.52. The van der Waals surface area contributed by atoms with E-state index in [2.05, 4.69) is 20.2 Å². The molecule has 6 heteroatoms. The average Bonchev–Trinajstić information content (AvgIpc) is 2.72. The Kier molecular flexibility index (Phi) is 4.98. The SMILES string of the molecule is O=C(NCc1cccnc1N1CCC[C@H](O)C1)c1cnc2ccccc2c1. The molecule has 0 bridgehead atoms. The number of aliphatic hydroxyl groups is 1. The third-order valence-corrected chi connectivity index (χ3v) is 4.86. The summed E-state index contributed by atoms with van der Waals surface area (Å²) in [6, 6.07) is 13.4. The van der Waals surface area contributed by atoms with E-state index in [0.717, 1.165) is 41.7 Å². The lowest BCUT2D eigenvalue weighted by Crippen LogP contribution is -2.39. The van der Waals surface area contributed by atoms with Crippen molar-refractivity contribution in [3.05, 3.63) is 66.0 Å². The van der Waals surface area contributed by atoms with Crippen LogP contribution in [0.4, 0.5) is 5.82 Å². The lowest BCUT2D eigenvalue weighted by molar-refractivity contribution is 0.0950. The van der Waals surface area contributed by atoms with Crippen LogP contribution in [0, 0.1) is 0 Å². The van der Waals surface area contributed by atoms with Crippen LogP contribution in [0.2, 0.25) is 0 Å². The standard InChI is InChI=1S/C21H22N4O2/c26-18-7-4-10-25(14-18)20-16(6-3-9-22-20)12-24-21(27)17-11-15-5-1-2-8-19(15)23-13-17/h1-3,5-6,8-9,11,13,18,26H,4,7,10,12,14H2,(H,24,27)/t18-/m0/s1. The fourth-order valence-electron chi connectivity index (χ4n) is 3.47. The number of hydrogen-bond acceptors (Lipinski definition) is 5. The van der Waals surface area contributed by atoms with Crippen LogP contribution in [0.25, 0.3) is 10.9 Å². The summed E-state index contributed by atoms with van der Waals surface area (Å²) >= 11 is 0. The van der Waals surface area contributed by atoms with Crippen molar-refractivity contribution in [2.75, 3.05) is 18.0 Å². The highest BCUT2D eigenvalue weighted by molar-refractivity contribution is 5.97. The Morgan fingerprint density at radius 1 is 1.22 bits per heavy atom. The van der Waals surface area contributed by atoms with Crippen LogP contribution in [-0.4, -0.2) is 40.2 Å². The van der Waals surface area contributed by atoms with Crippen LogP contribution in [0.3, 0.4) is 0 Å². The van der Waals surface area contributed by atoms with Gasteiger partial charge in [0.1, 0.15) is 5.82 Å². The number of aromatic nitrogens is 2. The molecule has 3 heterocycles. The summed E-state index contributed by atoms with van der Waals surface area (Å²) < 4.78 is 0. The van der Waals surface area contributed by atoms with Crippen LogP contribution in [0.1, 0.15) is 28.8 Å². The van der Waals surface area contributed by atoms with E-state index in [1.54, 1.807) is 12.4 Å². The van der Waals surface area contributed by atoms with Gasteiger partial charge in [-0.1, -0.05) is 24.3 Å². The lowest BCUT2D eigenvalue weighted by atomic mass is 10.1. The Morgan fingerprint density at radius 2 is 2.11 bits per heavy atom. The monoisotopic (exact) mass is 362 g/mol. The number of rotatable bonds is 4. The minimum Gasteiger partial charge on any atom is -0.391 e. The number of carbonyl (C=O) groups is 1. The van der Waals surface area contributed by atoms with Gasteiger partial charge >= 0.3 is 0 Å². The molecule has 0 radical (unpaired) electrons. The zero-order chi connectivity index (χ0) is 18.6. The first-order valence-electron chi connectivity index (χ1n) is 9.20. The third-order valence-electron chi connectivity index (χ3n) is 4.86. The molecule has 1 atom stereocenters. The van der Waals surface area contributed by atoms with E-state index in [1.807, 2.05) is 42.5 Å². The first kappa shape index (κ1) is 17.4. The van der Waals surface area contributed by atoms with Gasteiger partial charge in [-0.25, -0.2) is 4.98 Å². The molecule has 6 nitrogen and oxygen atoms in total. The van der Waals surface area contributed by atoms with Crippen molar-refractivity contribution in [1.29, 1.82) is 0 Å². The number of para-hydroxylation sites is 1. The van der Waals surface area contributed by atoms with Gasteiger partial charge in [-0.2, -0.15) is 0 Å². The summed E-state index contributed by atoms with van der Waals surface area (Å²) in [5.74, 6) is 0.662. The summed E-state index contributed by atoms with van der Waals surface area (Å²) in [5, 5.41) is 13.8. The van der Waals surface area contributed by atoms with Crippen molar-refractivity contribution in [3.63, 3.8) is 0 Å². The van der Waals surface area contributed by atoms with Crippen molar-refractivity contribution in [2.24, 2.45) is 0 Å². The van der Waals surface area contributed by atoms with Crippen LogP contribution < -0.4 is 10.2 Å². The van der Waals surface area contributed by atoms with E-state index < -0.39 is 0 Å². The topological polar surface area (TPSA) is 78.4 Å². The van der Waals surface area contributed by atoms with Crippen LogP contribution in [0.5, 0.6) is 0 Å². The van der Waals surface area contributed by atoms with Crippen LogP contribution in [-0.2, 0) is 6.54 Å². The second-order valence-electron chi connectivity index (χ2n) is 6.83. The van der Waals surface area contributed by atoms with Gasteiger partial charge in [0, 0.05) is 43.0 Å². The maximum Gasteiger partial charge on any atom is 0.253 e. The molecule has 27 heavy (non-hydrogen) atoms. The number of fused-ring (bicyclic) bond motifs is 1. The second-order valence-corrected chi connectivity index (χ2v) is 6.83. The number of pyridine rings is 2. The lowest BCUT2D eigenvalue weighted by Gasteiger charge is -2.32. The van der Waals surface area contributed by atoms with E-state index in [-0.39, 0.29) is 12.0 Å². The first-order chi connectivity index (χ1) is 13.2. The van der Waals surface area contributed by atoms with Crippen molar-refractivity contribution >= 4 is 22.6 Å². The summed E-state index contributed by atoms with van der Waals surface area (Å²) in [4.78, 5) is 23.5. The van der Waals surface area contributed by atoms with E-state index in [4.69, 9.17) is 0 Å². The Morgan fingerprint density at radius 3 is 3.00 bits per heavy atom. The largest absolute Gasteiger partial charge is 0.391 e. The molecule has 0 aliphatic carbocycles. The molecule has 1 amide bonds. The zero-order valence-electron chi connectivity index (χ0n) is 15.0. The highest BCUT2D eigenvalue weighted by Crippen LogP contribution is 2.22. The number of hydrogen-bond donors (Lipinski definition) is 2. The molecular formula is C21H22N4O2. The van der Waals surface area contributed by atoms with Gasteiger partial charge in [0.25, 0.3) is 5.91 Å². The Balaban J connectivity index is 1.48. The molecule has 4 rings (SSSR count). The number of amides is 1. The summed E-state index contributed by atoms with van der Waals surface area (Å²) in [6.45, 7) is 1.82. The van der Waals surface area contributed by atoms with Gasteiger partial charge in [0.15, 0.2) is 0 Å². The molecule has 3 aromatic rings. The number of anilines is 1. The quantitative estimate of drug-likeness (QED) is 0.746. The molecule has 1 aliphatic heterocycles. The van der Waals surface area contributed by atoms with Crippen molar-refractivity contribution in [1.82, 2.24) is 15.3 Å². The zero-order valence-corrected chi connectivity index (χ0v) is 15.0. The van der Waals surface area contributed by atoms with Gasteiger partial charge in [-0.3, -0.25) is 9.78 Å². The predicted molar refractivity (Wildman–Crippen MR) is 105 cm³/mol. The fourth-order valence-corrected chi connectivity index (χ4v) is 3.47. The summed E-state index contributed by atoms with van der Waals surface area (Å²) in [5.41, 5.74) is 2.34. The Labute approximate surface area is 157 Å². The molecular weight excluding hydrogens is 340 g/mol. The Bertz CT molecular complexity index is 960. The normalized spacial score (nSPS) is 17.1.